The molecule has 1 aromatic carbocycles. The van der Waals surface area contributed by atoms with Gasteiger partial charge in [0.1, 0.15) is 11.5 Å². The largest absolute Gasteiger partial charge is 0.496 e. The third-order valence-corrected chi connectivity index (χ3v) is 2.79. The van der Waals surface area contributed by atoms with Crippen molar-refractivity contribution in [2.75, 3.05) is 14.2 Å². The molecule has 0 aliphatic rings. The summed E-state index contributed by atoms with van der Waals surface area (Å²) in [6.45, 7) is 0. The number of halogens is 1. The summed E-state index contributed by atoms with van der Waals surface area (Å²) < 4.78 is 20.9. The third kappa shape index (κ3) is 2.58. The van der Waals surface area contributed by atoms with Crippen LogP contribution in [0.1, 0.15) is 0 Å². The second kappa shape index (κ2) is 4.45. The quantitative estimate of drug-likeness (QED) is 0.732. The summed E-state index contributed by atoms with van der Waals surface area (Å²) in [7, 11) is 1.18. The lowest BCUT2D eigenvalue weighted by atomic mass is 10.3. The summed E-state index contributed by atoms with van der Waals surface area (Å²) in [5.74, 6) is 1.16. The summed E-state index contributed by atoms with van der Waals surface area (Å²) in [6.07, 6.45) is 0. The molecule has 1 rings (SSSR count). The Kier molecular flexibility index (Phi) is 3.52. The van der Waals surface area contributed by atoms with Crippen molar-refractivity contribution in [3.05, 3.63) is 18.2 Å². The van der Waals surface area contributed by atoms with Crippen molar-refractivity contribution in [1.29, 1.82) is 0 Å². The summed E-state index contributed by atoms with van der Waals surface area (Å²) in [5.41, 5.74) is 0. The van der Waals surface area contributed by atoms with E-state index in [9.17, 15) is 4.57 Å². The van der Waals surface area contributed by atoms with E-state index in [1.54, 1.807) is 18.2 Å². The molecule has 1 unspecified atom stereocenters. The van der Waals surface area contributed by atoms with Crippen LogP contribution in [-0.2, 0) is 4.57 Å². The fourth-order valence-electron chi connectivity index (χ4n) is 0.894. The average molecular weight is 220 g/mol. The Bertz CT molecular complexity index is 305. The normalized spacial score (nSPS) is 10.8. The topological polar surface area (TPSA) is 35.5 Å². The standard InChI is InChI=1S/C8H9ClO3P/c1-11-6-3-7(12-2)5-8(4-6)13(9)10/h3-5H,1-2H3/q+1. The van der Waals surface area contributed by atoms with Gasteiger partial charge in [0.2, 0.25) is 16.5 Å². The van der Waals surface area contributed by atoms with Crippen LogP contribution in [0.15, 0.2) is 18.2 Å². The summed E-state index contributed by atoms with van der Waals surface area (Å²) in [6, 6.07) is 4.93. The smallest absolute Gasteiger partial charge is 0.494 e. The molecule has 70 valence electrons. The van der Waals surface area contributed by atoms with Crippen molar-refractivity contribution in [1.82, 2.24) is 0 Å². The van der Waals surface area contributed by atoms with Crippen molar-refractivity contribution in [2.24, 2.45) is 0 Å². The zero-order valence-electron chi connectivity index (χ0n) is 7.28. The van der Waals surface area contributed by atoms with E-state index in [-0.39, 0.29) is 0 Å². The Labute approximate surface area is 82.2 Å². The van der Waals surface area contributed by atoms with E-state index in [0.29, 0.717) is 16.8 Å². The monoisotopic (exact) mass is 219 g/mol. The number of benzene rings is 1. The van der Waals surface area contributed by atoms with Gasteiger partial charge in [-0.2, -0.15) is 0 Å². The first-order valence-corrected chi connectivity index (χ1v) is 5.70. The molecule has 0 amide bonds. The molecule has 0 bridgehead atoms. The van der Waals surface area contributed by atoms with Gasteiger partial charge < -0.3 is 9.47 Å². The van der Waals surface area contributed by atoms with Crippen LogP contribution in [-0.4, -0.2) is 14.2 Å². The van der Waals surface area contributed by atoms with Crippen molar-refractivity contribution in [3.63, 3.8) is 0 Å². The van der Waals surface area contributed by atoms with Gasteiger partial charge in [-0.15, -0.1) is 0 Å². The van der Waals surface area contributed by atoms with E-state index in [1.165, 1.54) is 14.2 Å². The molecule has 1 aromatic rings. The van der Waals surface area contributed by atoms with Gasteiger partial charge in [-0.25, -0.2) is 0 Å². The first-order chi connectivity index (χ1) is 6.17. The minimum absolute atomic E-state index is 0.507. The Morgan fingerprint density at radius 1 is 1.15 bits per heavy atom. The van der Waals surface area contributed by atoms with E-state index in [2.05, 4.69) is 0 Å². The van der Waals surface area contributed by atoms with E-state index in [1.807, 2.05) is 0 Å². The Balaban J connectivity index is 3.14. The van der Waals surface area contributed by atoms with E-state index in [4.69, 9.17) is 20.7 Å². The molecule has 0 spiro atoms. The minimum Gasteiger partial charge on any atom is -0.496 e. The molecule has 0 saturated heterocycles. The molecule has 0 aromatic heterocycles. The molecule has 3 nitrogen and oxygen atoms in total. The predicted molar refractivity (Wildman–Crippen MR) is 52.6 cm³/mol. The molecule has 0 fully saturated rings. The molecule has 0 N–H and O–H groups in total. The van der Waals surface area contributed by atoms with Crippen molar-refractivity contribution in [2.45, 2.75) is 0 Å². The number of hydrogen-bond acceptors (Lipinski definition) is 3. The van der Waals surface area contributed by atoms with Gasteiger partial charge in [0.05, 0.1) is 14.2 Å². The second-order valence-corrected chi connectivity index (χ2v) is 4.24. The van der Waals surface area contributed by atoms with Crippen LogP contribution in [0.25, 0.3) is 0 Å². The highest BCUT2D eigenvalue weighted by molar-refractivity contribution is 7.80. The Morgan fingerprint density at radius 3 is 1.92 bits per heavy atom. The lowest BCUT2D eigenvalue weighted by Crippen LogP contribution is -1.97. The first-order valence-electron chi connectivity index (χ1n) is 3.53. The number of rotatable bonds is 3. The Hall–Kier alpha value is -0.790. The SMILES string of the molecule is COc1cc(OC)cc([P+](=O)Cl)c1. The fraction of sp³-hybridized carbons (Fsp3) is 0.250. The van der Waals surface area contributed by atoms with Crippen molar-refractivity contribution < 1.29 is 14.0 Å². The van der Waals surface area contributed by atoms with Crippen LogP contribution in [0, 0.1) is 0 Å². The molecule has 0 saturated carbocycles. The van der Waals surface area contributed by atoms with Gasteiger partial charge in [-0.3, -0.25) is 0 Å². The second-order valence-electron chi connectivity index (χ2n) is 2.32. The molecule has 0 heterocycles. The van der Waals surface area contributed by atoms with E-state index in [0.717, 1.165) is 0 Å². The summed E-state index contributed by atoms with van der Waals surface area (Å²) in [5, 5.41) is 0.507. The zero-order chi connectivity index (χ0) is 9.84. The molecular formula is C8H9ClO3P+. The highest BCUT2D eigenvalue weighted by atomic mass is 35.7. The Morgan fingerprint density at radius 2 is 1.62 bits per heavy atom. The van der Waals surface area contributed by atoms with Crippen LogP contribution >= 0.6 is 18.4 Å². The molecule has 0 aliphatic heterocycles. The van der Waals surface area contributed by atoms with Crippen molar-refractivity contribution in [3.8, 4) is 11.5 Å². The van der Waals surface area contributed by atoms with Crippen LogP contribution in [0.4, 0.5) is 0 Å². The van der Waals surface area contributed by atoms with Gasteiger partial charge in [-0.1, -0.05) is 0 Å². The maximum atomic E-state index is 11.0. The highest BCUT2D eigenvalue weighted by Gasteiger charge is 2.19. The maximum Gasteiger partial charge on any atom is 0.494 e. The summed E-state index contributed by atoms with van der Waals surface area (Å²) in [4.78, 5) is 0. The van der Waals surface area contributed by atoms with Gasteiger partial charge in [0, 0.05) is 18.2 Å². The third-order valence-electron chi connectivity index (χ3n) is 1.54. The van der Waals surface area contributed by atoms with Crippen LogP contribution in [0.2, 0.25) is 0 Å². The van der Waals surface area contributed by atoms with E-state index >= 15 is 0 Å². The van der Waals surface area contributed by atoms with Crippen LogP contribution in [0.5, 0.6) is 11.5 Å². The van der Waals surface area contributed by atoms with Crippen molar-refractivity contribution >= 4 is 23.7 Å². The van der Waals surface area contributed by atoms with Gasteiger partial charge >= 0.3 is 7.15 Å². The lowest BCUT2D eigenvalue weighted by Gasteiger charge is -2.02. The lowest BCUT2D eigenvalue weighted by molar-refractivity contribution is 0.395. The van der Waals surface area contributed by atoms with Gasteiger partial charge in [0.15, 0.2) is 0 Å². The number of hydrogen-bond donors (Lipinski definition) is 0. The van der Waals surface area contributed by atoms with Gasteiger partial charge in [0.25, 0.3) is 0 Å². The average Bonchev–Trinajstić information content (AvgIpc) is 2.16. The summed E-state index contributed by atoms with van der Waals surface area (Å²) >= 11 is 5.46. The fourth-order valence-corrected chi connectivity index (χ4v) is 1.64. The molecule has 1 atom stereocenters. The minimum atomic E-state index is -1.88. The number of ether oxygens (including phenoxy) is 2. The zero-order valence-corrected chi connectivity index (χ0v) is 8.93. The maximum absolute atomic E-state index is 11.0. The molecule has 5 heteroatoms. The van der Waals surface area contributed by atoms with E-state index < -0.39 is 7.15 Å². The molecule has 13 heavy (non-hydrogen) atoms. The predicted octanol–water partition coefficient (Wildman–Crippen LogP) is 2.31. The molecule has 0 aliphatic carbocycles. The number of methoxy groups -OCH3 is 2. The van der Waals surface area contributed by atoms with Gasteiger partial charge in [-0.05, 0) is 4.57 Å². The van der Waals surface area contributed by atoms with Crippen LogP contribution < -0.4 is 14.8 Å². The van der Waals surface area contributed by atoms with Crippen LogP contribution in [0.3, 0.4) is 0 Å². The first kappa shape index (κ1) is 10.3. The highest BCUT2D eigenvalue weighted by Crippen LogP contribution is 2.30. The molecular weight excluding hydrogens is 211 g/mol. The molecule has 0 radical (unpaired) electrons.